The molecular weight excluding hydrogens is 424 g/mol. The first-order chi connectivity index (χ1) is 14.7. The van der Waals surface area contributed by atoms with Crippen molar-refractivity contribution in [3.63, 3.8) is 0 Å². The molecule has 0 bridgehead atoms. The van der Waals surface area contributed by atoms with Crippen LogP contribution < -0.4 is 0 Å². The molecule has 0 saturated carbocycles. The SMILES string of the molecule is O=C1C(C(c2cccs2)N2CCC3(CC2)OCCO3)Sc2nc(-c3ccco3)nn21. The number of hydrogen-bond acceptors (Lipinski definition) is 9. The Morgan fingerprint density at radius 3 is 2.67 bits per heavy atom. The summed E-state index contributed by atoms with van der Waals surface area (Å²) in [6.45, 7) is 2.97. The number of ether oxygens (including phenoxy) is 2. The molecule has 3 aromatic rings. The zero-order chi connectivity index (χ0) is 20.1. The number of rotatable bonds is 4. The standard InChI is InChI=1S/C20H20N4O4S2/c25-18-16(30-19-21-17(22-24(18)19)13-3-1-9-26-13)15(14-4-2-12-29-14)23-7-5-20(6-8-23)27-10-11-28-20/h1-4,9,12,15-16H,5-8,10-11H2. The van der Waals surface area contributed by atoms with Crippen LogP contribution >= 0.6 is 23.1 Å². The average Bonchev–Trinajstić information content (AvgIpc) is 3.56. The first kappa shape index (κ1) is 18.8. The molecule has 2 atom stereocenters. The molecule has 6 rings (SSSR count). The van der Waals surface area contributed by atoms with E-state index in [1.165, 1.54) is 21.3 Å². The highest BCUT2D eigenvalue weighted by molar-refractivity contribution is 8.01. The molecular formula is C20H20N4O4S2. The Labute approximate surface area is 181 Å². The van der Waals surface area contributed by atoms with E-state index >= 15 is 0 Å². The van der Waals surface area contributed by atoms with Gasteiger partial charge in [-0.1, -0.05) is 17.8 Å². The van der Waals surface area contributed by atoms with Crippen LogP contribution in [0.4, 0.5) is 0 Å². The molecule has 3 aromatic heterocycles. The first-order valence-electron chi connectivity index (χ1n) is 10.00. The quantitative estimate of drug-likeness (QED) is 0.606. The molecule has 3 aliphatic heterocycles. The van der Waals surface area contributed by atoms with E-state index in [9.17, 15) is 4.79 Å². The molecule has 30 heavy (non-hydrogen) atoms. The molecule has 2 unspecified atom stereocenters. The lowest BCUT2D eigenvalue weighted by molar-refractivity contribution is -0.187. The monoisotopic (exact) mass is 444 g/mol. The largest absolute Gasteiger partial charge is 0.461 e. The van der Waals surface area contributed by atoms with Crippen molar-refractivity contribution >= 4 is 29.0 Å². The summed E-state index contributed by atoms with van der Waals surface area (Å²) < 4.78 is 18.6. The van der Waals surface area contributed by atoms with E-state index in [2.05, 4.69) is 26.4 Å². The Morgan fingerprint density at radius 2 is 2.00 bits per heavy atom. The zero-order valence-electron chi connectivity index (χ0n) is 16.1. The van der Waals surface area contributed by atoms with Gasteiger partial charge in [0.25, 0.3) is 5.91 Å². The summed E-state index contributed by atoms with van der Waals surface area (Å²) in [5.41, 5.74) is 0. The average molecular weight is 445 g/mol. The molecule has 2 saturated heterocycles. The van der Waals surface area contributed by atoms with Crippen LogP contribution in [0.25, 0.3) is 11.6 Å². The van der Waals surface area contributed by atoms with Crippen molar-refractivity contribution in [1.82, 2.24) is 19.7 Å². The van der Waals surface area contributed by atoms with E-state index in [0.717, 1.165) is 25.9 Å². The van der Waals surface area contributed by atoms with Gasteiger partial charge >= 0.3 is 0 Å². The summed E-state index contributed by atoms with van der Waals surface area (Å²) in [7, 11) is 0. The predicted molar refractivity (Wildman–Crippen MR) is 110 cm³/mol. The van der Waals surface area contributed by atoms with E-state index in [4.69, 9.17) is 13.9 Å². The van der Waals surface area contributed by atoms with Crippen molar-refractivity contribution in [3.05, 3.63) is 40.8 Å². The van der Waals surface area contributed by atoms with Crippen molar-refractivity contribution in [1.29, 1.82) is 0 Å². The fraction of sp³-hybridized carbons (Fsp3) is 0.450. The summed E-state index contributed by atoms with van der Waals surface area (Å²) in [5.74, 6) is 0.537. The third-order valence-electron chi connectivity index (χ3n) is 5.89. The van der Waals surface area contributed by atoms with Gasteiger partial charge in [0.1, 0.15) is 5.25 Å². The summed E-state index contributed by atoms with van der Waals surface area (Å²) in [4.78, 5) is 21.5. The number of piperidine rings is 1. The lowest BCUT2D eigenvalue weighted by atomic mass is 9.99. The van der Waals surface area contributed by atoms with Crippen LogP contribution in [-0.4, -0.2) is 62.9 Å². The van der Waals surface area contributed by atoms with Crippen LogP contribution in [0, 0.1) is 0 Å². The molecule has 0 aromatic carbocycles. The maximum absolute atomic E-state index is 13.3. The number of aromatic nitrogens is 3. The van der Waals surface area contributed by atoms with Gasteiger partial charge in [0.05, 0.1) is 25.5 Å². The molecule has 1 spiro atoms. The highest BCUT2D eigenvalue weighted by Gasteiger charge is 2.47. The number of thioether (sulfide) groups is 1. The van der Waals surface area contributed by atoms with E-state index < -0.39 is 5.79 Å². The van der Waals surface area contributed by atoms with Crippen LogP contribution in [0.15, 0.2) is 45.5 Å². The topological polar surface area (TPSA) is 82.6 Å². The van der Waals surface area contributed by atoms with Crippen molar-refractivity contribution in [2.24, 2.45) is 0 Å². The molecule has 3 aliphatic rings. The van der Waals surface area contributed by atoms with Gasteiger partial charge in [-0.15, -0.1) is 16.4 Å². The fourth-order valence-corrected chi connectivity index (χ4v) is 6.65. The van der Waals surface area contributed by atoms with E-state index in [1.807, 2.05) is 6.07 Å². The Kier molecular flexibility index (Phi) is 4.57. The second-order valence-corrected chi connectivity index (χ2v) is 9.68. The Balaban J connectivity index is 1.26. The van der Waals surface area contributed by atoms with Crippen molar-refractivity contribution in [3.8, 4) is 11.6 Å². The van der Waals surface area contributed by atoms with Crippen LogP contribution in [0.3, 0.4) is 0 Å². The van der Waals surface area contributed by atoms with Gasteiger partial charge in [-0.25, -0.2) is 0 Å². The van der Waals surface area contributed by atoms with E-state index in [0.29, 0.717) is 30.0 Å². The molecule has 0 amide bonds. The van der Waals surface area contributed by atoms with E-state index in [-0.39, 0.29) is 17.2 Å². The van der Waals surface area contributed by atoms with Gasteiger partial charge in [0, 0.05) is 30.8 Å². The van der Waals surface area contributed by atoms with Crippen molar-refractivity contribution < 1.29 is 18.7 Å². The minimum atomic E-state index is -0.435. The highest BCUT2D eigenvalue weighted by atomic mass is 32.2. The molecule has 0 radical (unpaired) electrons. The smallest absolute Gasteiger partial charge is 0.264 e. The molecule has 8 nitrogen and oxygen atoms in total. The first-order valence-corrected chi connectivity index (χ1v) is 11.8. The Morgan fingerprint density at radius 1 is 1.17 bits per heavy atom. The number of carbonyl (C=O) groups is 1. The molecule has 156 valence electrons. The maximum Gasteiger partial charge on any atom is 0.264 e. The number of thiophene rings is 1. The minimum absolute atomic E-state index is 0.0307. The molecule has 6 heterocycles. The van der Waals surface area contributed by atoms with Gasteiger partial charge in [0.15, 0.2) is 16.7 Å². The van der Waals surface area contributed by atoms with Gasteiger partial charge in [-0.3, -0.25) is 9.69 Å². The fourth-order valence-electron chi connectivity index (χ4n) is 4.42. The summed E-state index contributed by atoms with van der Waals surface area (Å²) in [6.07, 6.45) is 3.20. The second-order valence-electron chi connectivity index (χ2n) is 7.59. The zero-order valence-corrected chi connectivity index (χ0v) is 17.7. The number of nitrogens with zero attached hydrogens (tertiary/aromatic N) is 4. The minimum Gasteiger partial charge on any atom is -0.461 e. The second kappa shape index (κ2) is 7.31. The van der Waals surface area contributed by atoms with Gasteiger partial charge in [-0.05, 0) is 23.6 Å². The molecule has 0 N–H and O–H groups in total. The number of hydrogen-bond donors (Lipinski definition) is 0. The number of carbonyl (C=O) groups excluding carboxylic acids is 1. The third-order valence-corrected chi connectivity index (χ3v) is 8.02. The molecule has 0 aliphatic carbocycles. The normalized spacial score (nSPS) is 24.5. The number of furan rings is 1. The van der Waals surface area contributed by atoms with Crippen LogP contribution in [0.1, 0.15) is 28.6 Å². The molecule has 10 heteroatoms. The lowest BCUT2D eigenvalue weighted by Gasteiger charge is -2.42. The highest BCUT2D eigenvalue weighted by Crippen LogP contribution is 2.44. The summed E-state index contributed by atoms with van der Waals surface area (Å²) >= 11 is 3.17. The summed E-state index contributed by atoms with van der Waals surface area (Å²) in [6, 6.07) is 7.70. The number of likely N-dealkylation sites (tertiary alicyclic amines) is 1. The van der Waals surface area contributed by atoms with Crippen LogP contribution in [0.2, 0.25) is 0 Å². The lowest BCUT2D eigenvalue weighted by Crippen LogP contribution is -2.49. The van der Waals surface area contributed by atoms with Crippen molar-refractivity contribution in [2.75, 3.05) is 26.3 Å². The van der Waals surface area contributed by atoms with Crippen LogP contribution in [-0.2, 0) is 9.47 Å². The van der Waals surface area contributed by atoms with Gasteiger partial charge in [0.2, 0.25) is 5.82 Å². The number of fused-ring (bicyclic) bond motifs is 1. The van der Waals surface area contributed by atoms with Crippen molar-refractivity contribution in [2.45, 2.75) is 35.1 Å². The maximum atomic E-state index is 13.3. The van der Waals surface area contributed by atoms with E-state index in [1.54, 1.807) is 29.7 Å². The van der Waals surface area contributed by atoms with Gasteiger partial charge in [-0.2, -0.15) is 9.67 Å². The Hall–Kier alpha value is -1.98. The van der Waals surface area contributed by atoms with Gasteiger partial charge < -0.3 is 13.9 Å². The predicted octanol–water partition coefficient (Wildman–Crippen LogP) is 3.29. The third kappa shape index (κ3) is 3.05. The Bertz CT molecular complexity index is 1030. The summed E-state index contributed by atoms with van der Waals surface area (Å²) in [5, 5.41) is 6.81. The van der Waals surface area contributed by atoms with Crippen LogP contribution in [0.5, 0.6) is 0 Å². The molecule has 2 fully saturated rings.